The number of halogens is 1. The maximum atomic E-state index is 13.3. The predicted octanol–water partition coefficient (Wildman–Crippen LogP) is 3.62. The highest BCUT2D eigenvalue weighted by atomic mass is 19.1. The second kappa shape index (κ2) is 6.33. The Balaban J connectivity index is 2.18. The van der Waals surface area contributed by atoms with E-state index in [4.69, 9.17) is 0 Å². The van der Waals surface area contributed by atoms with E-state index >= 15 is 0 Å². The highest BCUT2D eigenvalue weighted by molar-refractivity contribution is 5.71. The van der Waals surface area contributed by atoms with Gasteiger partial charge in [0.2, 0.25) is 0 Å². The fourth-order valence-electron chi connectivity index (χ4n) is 2.27. The van der Waals surface area contributed by atoms with Crippen LogP contribution in [-0.4, -0.2) is 11.1 Å². The molecule has 20 heavy (non-hydrogen) atoms. The predicted molar refractivity (Wildman–Crippen MR) is 76.1 cm³/mol. The fraction of sp³-hybridized carbons (Fsp3) is 0.235. The Kier molecular flexibility index (Phi) is 4.51. The Morgan fingerprint density at radius 1 is 1.15 bits per heavy atom. The Hall–Kier alpha value is -2.16. The van der Waals surface area contributed by atoms with Gasteiger partial charge in [-0.3, -0.25) is 4.79 Å². The van der Waals surface area contributed by atoms with Gasteiger partial charge in [0.15, 0.2) is 0 Å². The minimum absolute atomic E-state index is 0.325. The normalized spacial score (nSPS) is 12.1. The fourth-order valence-corrected chi connectivity index (χ4v) is 2.27. The molecule has 0 aliphatic heterocycles. The van der Waals surface area contributed by atoms with E-state index in [0.717, 1.165) is 16.7 Å². The number of carboxylic acids is 1. The molecule has 0 aromatic heterocycles. The number of rotatable bonds is 5. The molecule has 1 atom stereocenters. The summed E-state index contributed by atoms with van der Waals surface area (Å²) in [4.78, 5) is 11.4. The van der Waals surface area contributed by atoms with Crippen molar-refractivity contribution in [3.8, 4) is 0 Å². The van der Waals surface area contributed by atoms with Gasteiger partial charge in [0.25, 0.3) is 0 Å². The first-order valence-electron chi connectivity index (χ1n) is 6.58. The highest BCUT2D eigenvalue weighted by Crippen LogP contribution is 2.19. The molecule has 0 aliphatic carbocycles. The third-order valence-corrected chi connectivity index (χ3v) is 3.45. The quantitative estimate of drug-likeness (QED) is 0.902. The molecule has 3 heteroatoms. The molecule has 2 nitrogen and oxygen atoms in total. The van der Waals surface area contributed by atoms with E-state index in [9.17, 15) is 14.3 Å². The monoisotopic (exact) mass is 272 g/mol. The zero-order valence-electron chi connectivity index (χ0n) is 11.3. The van der Waals surface area contributed by atoms with E-state index in [2.05, 4.69) is 0 Å². The minimum atomic E-state index is -0.850. The minimum Gasteiger partial charge on any atom is -0.481 e. The van der Waals surface area contributed by atoms with Crippen molar-refractivity contribution in [2.45, 2.75) is 19.8 Å². The molecule has 1 N–H and O–H groups in total. The molecule has 0 amide bonds. The Morgan fingerprint density at radius 2 is 1.85 bits per heavy atom. The van der Waals surface area contributed by atoms with Crippen molar-refractivity contribution in [2.75, 3.05) is 0 Å². The largest absolute Gasteiger partial charge is 0.481 e. The number of hydrogen-bond acceptors (Lipinski definition) is 1. The van der Waals surface area contributed by atoms with Crippen LogP contribution in [0.4, 0.5) is 4.39 Å². The van der Waals surface area contributed by atoms with Gasteiger partial charge in [-0.15, -0.1) is 0 Å². The van der Waals surface area contributed by atoms with Crippen LogP contribution in [-0.2, 0) is 17.6 Å². The molecule has 0 saturated heterocycles. The molecule has 0 bridgehead atoms. The number of aryl methyl sites for hydroxylation is 1. The summed E-state index contributed by atoms with van der Waals surface area (Å²) in [6, 6.07) is 14.0. The van der Waals surface area contributed by atoms with Crippen LogP contribution >= 0.6 is 0 Å². The molecule has 0 aliphatic rings. The number of aliphatic carboxylic acids is 1. The van der Waals surface area contributed by atoms with Crippen molar-refractivity contribution in [3.05, 3.63) is 71.0 Å². The maximum Gasteiger partial charge on any atom is 0.307 e. The zero-order chi connectivity index (χ0) is 14.5. The maximum absolute atomic E-state index is 13.3. The first kappa shape index (κ1) is 14.3. The van der Waals surface area contributed by atoms with Gasteiger partial charge < -0.3 is 5.11 Å². The van der Waals surface area contributed by atoms with Crippen LogP contribution in [0.1, 0.15) is 16.7 Å². The van der Waals surface area contributed by atoms with E-state index in [1.54, 1.807) is 6.07 Å². The summed E-state index contributed by atoms with van der Waals surface area (Å²) >= 11 is 0. The first-order valence-corrected chi connectivity index (χ1v) is 6.58. The van der Waals surface area contributed by atoms with Crippen LogP contribution in [0.3, 0.4) is 0 Å². The summed E-state index contributed by atoms with van der Waals surface area (Å²) in [7, 11) is 0. The molecule has 104 valence electrons. The van der Waals surface area contributed by atoms with Crippen LogP contribution in [0, 0.1) is 18.7 Å². The molecule has 1 unspecified atom stereocenters. The Labute approximate surface area is 117 Å². The number of carbonyl (C=O) groups is 1. The van der Waals surface area contributed by atoms with Gasteiger partial charge in [-0.1, -0.05) is 36.4 Å². The van der Waals surface area contributed by atoms with Crippen molar-refractivity contribution in [2.24, 2.45) is 5.92 Å². The van der Waals surface area contributed by atoms with Crippen LogP contribution in [0.15, 0.2) is 48.5 Å². The summed E-state index contributed by atoms with van der Waals surface area (Å²) in [6.07, 6.45) is 0.792. The van der Waals surface area contributed by atoms with Gasteiger partial charge in [0.05, 0.1) is 5.92 Å². The molecular weight excluding hydrogens is 255 g/mol. The molecular formula is C17H17FO2. The van der Waals surface area contributed by atoms with Gasteiger partial charge in [-0.25, -0.2) is 4.39 Å². The standard InChI is InChI=1S/C17H17FO2/c1-12-7-8-16(18)11-14(12)10-15(17(19)20)9-13-5-3-2-4-6-13/h2-8,11,15H,9-10H2,1H3,(H,19,20). The lowest BCUT2D eigenvalue weighted by Gasteiger charge is -2.14. The van der Waals surface area contributed by atoms with E-state index in [-0.39, 0.29) is 5.82 Å². The number of benzene rings is 2. The van der Waals surface area contributed by atoms with Crippen LogP contribution in [0.25, 0.3) is 0 Å². The summed E-state index contributed by atoms with van der Waals surface area (Å²) in [6.45, 7) is 1.87. The van der Waals surface area contributed by atoms with Crippen molar-refractivity contribution in [1.29, 1.82) is 0 Å². The second-order valence-electron chi connectivity index (χ2n) is 5.00. The third kappa shape index (κ3) is 3.67. The van der Waals surface area contributed by atoms with E-state index in [1.807, 2.05) is 37.3 Å². The van der Waals surface area contributed by atoms with Crippen molar-refractivity contribution >= 4 is 5.97 Å². The summed E-state index contributed by atoms with van der Waals surface area (Å²) < 4.78 is 13.3. The lowest BCUT2D eigenvalue weighted by atomic mass is 9.91. The van der Waals surface area contributed by atoms with Gasteiger partial charge in [-0.2, -0.15) is 0 Å². The average molecular weight is 272 g/mol. The van der Waals surface area contributed by atoms with Gasteiger partial charge >= 0.3 is 5.97 Å². The second-order valence-corrected chi connectivity index (χ2v) is 5.00. The summed E-state index contributed by atoms with van der Waals surface area (Å²) in [5.74, 6) is -1.72. The molecule has 0 heterocycles. The lowest BCUT2D eigenvalue weighted by Crippen LogP contribution is -2.19. The summed E-state index contributed by atoms with van der Waals surface area (Å²) in [5, 5.41) is 9.36. The number of carboxylic acid groups (broad SMARTS) is 1. The molecule has 0 radical (unpaired) electrons. The third-order valence-electron chi connectivity index (χ3n) is 3.45. The van der Waals surface area contributed by atoms with Crippen LogP contribution in [0.2, 0.25) is 0 Å². The first-order chi connectivity index (χ1) is 9.56. The van der Waals surface area contributed by atoms with Crippen molar-refractivity contribution in [3.63, 3.8) is 0 Å². The van der Waals surface area contributed by atoms with E-state index in [1.165, 1.54) is 12.1 Å². The molecule has 2 rings (SSSR count). The van der Waals surface area contributed by atoms with Gasteiger partial charge in [-0.05, 0) is 48.6 Å². The molecule has 0 saturated carbocycles. The van der Waals surface area contributed by atoms with Gasteiger partial charge in [0, 0.05) is 0 Å². The van der Waals surface area contributed by atoms with E-state index in [0.29, 0.717) is 12.8 Å². The molecule has 0 fully saturated rings. The Bertz CT molecular complexity index is 593. The van der Waals surface area contributed by atoms with Crippen molar-refractivity contribution in [1.82, 2.24) is 0 Å². The lowest BCUT2D eigenvalue weighted by molar-refractivity contribution is -0.141. The van der Waals surface area contributed by atoms with Crippen LogP contribution < -0.4 is 0 Å². The molecule has 2 aromatic rings. The zero-order valence-corrected chi connectivity index (χ0v) is 11.3. The van der Waals surface area contributed by atoms with Crippen LogP contribution in [0.5, 0.6) is 0 Å². The number of hydrogen-bond donors (Lipinski definition) is 1. The Morgan fingerprint density at radius 3 is 2.50 bits per heavy atom. The van der Waals surface area contributed by atoms with Gasteiger partial charge in [0.1, 0.15) is 5.82 Å². The van der Waals surface area contributed by atoms with Crippen molar-refractivity contribution < 1.29 is 14.3 Å². The average Bonchev–Trinajstić information content (AvgIpc) is 2.43. The highest BCUT2D eigenvalue weighted by Gasteiger charge is 2.19. The SMILES string of the molecule is Cc1ccc(F)cc1CC(Cc1ccccc1)C(=O)O. The molecule has 0 spiro atoms. The molecule has 2 aromatic carbocycles. The smallest absolute Gasteiger partial charge is 0.307 e. The van der Waals surface area contributed by atoms with E-state index < -0.39 is 11.9 Å². The topological polar surface area (TPSA) is 37.3 Å². The summed E-state index contributed by atoms with van der Waals surface area (Å²) in [5.41, 5.74) is 2.66.